The van der Waals surface area contributed by atoms with E-state index in [1.54, 1.807) is 5.38 Å². The lowest BCUT2D eigenvalue weighted by Crippen LogP contribution is -2.28. The van der Waals surface area contributed by atoms with Gasteiger partial charge in [0.15, 0.2) is 0 Å². The van der Waals surface area contributed by atoms with Crippen molar-refractivity contribution in [2.45, 2.75) is 17.7 Å². The van der Waals surface area contributed by atoms with Crippen LogP contribution in [-0.4, -0.2) is 45.8 Å². The zero-order chi connectivity index (χ0) is 14.5. The van der Waals surface area contributed by atoms with E-state index in [2.05, 4.69) is 5.32 Å². The molecule has 3 N–H and O–H groups in total. The average molecular weight is 342 g/mol. The van der Waals surface area contributed by atoms with Crippen LogP contribution >= 0.6 is 23.7 Å². The van der Waals surface area contributed by atoms with E-state index in [4.69, 9.17) is 5.73 Å². The van der Waals surface area contributed by atoms with Gasteiger partial charge >= 0.3 is 0 Å². The molecule has 0 saturated carbocycles. The molecule has 6 nitrogen and oxygen atoms in total. The summed E-state index contributed by atoms with van der Waals surface area (Å²) < 4.78 is 25.2. The maximum absolute atomic E-state index is 12.0. The molecule has 1 rings (SSSR count). The van der Waals surface area contributed by atoms with Crippen molar-refractivity contribution >= 4 is 39.7 Å². The van der Waals surface area contributed by atoms with E-state index in [0.29, 0.717) is 13.1 Å². The minimum atomic E-state index is -3.58. The quantitative estimate of drug-likeness (QED) is 0.720. The van der Waals surface area contributed by atoms with Crippen molar-refractivity contribution in [2.75, 3.05) is 27.2 Å². The number of hydrogen-bond acceptors (Lipinski definition) is 5. The van der Waals surface area contributed by atoms with E-state index >= 15 is 0 Å². The van der Waals surface area contributed by atoms with Crippen molar-refractivity contribution in [1.29, 1.82) is 0 Å². The van der Waals surface area contributed by atoms with E-state index in [-0.39, 0.29) is 28.1 Å². The molecule has 1 aromatic heterocycles. The topological polar surface area (TPSA) is 92.5 Å². The molecule has 0 aromatic carbocycles. The molecule has 0 spiro atoms. The SMILES string of the molecule is CN(C)S(=O)(=O)c1ccsc1C(=O)NCCCCN.Cl. The molecule has 0 unspecified atom stereocenters. The Labute approximate surface area is 129 Å². The molecular formula is C11H20ClN3O3S2. The highest BCUT2D eigenvalue weighted by Crippen LogP contribution is 2.23. The van der Waals surface area contributed by atoms with Gasteiger partial charge < -0.3 is 11.1 Å². The maximum atomic E-state index is 12.0. The molecule has 116 valence electrons. The van der Waals surface area contributed by atoms with Crippen LogP contribution < -0.4 is 11.1 Å². The molecule has 1 heterocycles. The molecule has 0 atom stereocenters. The van der Waals surface area contributed by atoms with Gasteiger partial charge in [-0.15, -0.1) is 23.7 Å². The van der Waals surface area contributed by atoms with Crippen molar-refractivity contribution in [2.24, 2.45) is 5.73 Å². The van der Waals surface area contributed by atoms with Crippen LogP contribution in [0.1, 0.15) is 22.5 Å². The summed E-state index contributed by atoms with van der Waals surface area (Å²) in [6.07, 6.45) is 1.61. The molecule has 0 fully saturated rings. The number of nitrogens with one attached hydrogen (secondary N) is 1. The molecule has 0 bridgehead atoms. The number of carbonyl (C=O) groups is 1. The third-order valence-corrected chi connectivity index (χ3v) is 5.41. The van der Waals surface area contributed by atoms with E-state index in [0.717, 1.165) is 28.5 Å². The minimum absolute atomic E-state index is 0. The standard InChI is InChI=1S/C11H19N3O3S2.ClH/c1-14(2)19(16,17)9-5-8-18-10(9)11(15)13-7-4-3-6-12;/h5,8H,3-4,6-7,12H2,1-2H3,(H,13,15);1H. The molecule has 0 saturated heterocycles. The maximum Gasteiger partial charge on any atom is 0.262 e. The number of rotatable bonds is 7. The fourth-order valence-electron chi connectivity index (χ4n) is 1.41. The highest BCUT2D eigenvalue weighted by Gasteiger charge is 2.25. The molecule has 9 heteroatoms. The van der Waals surface area contributed by atoms with Gasteiger partial charge in [0.25, 0.3) is 5.91 Å². The first-order valence-electron chi connectivity index (χ1n) is 5.89. The number of sulfonamides is 1. The summed E-state index contributed by atoms with van der Waals surface area (Å²) in [6.45, 7) is 1.07. The molecule has 0 aliphatic carbocycles. The van der Waals surface area contributed by atoms with Crippen molar-refractivity contribution in [3.8, 4) is 0 Å². The number of carbonyl (C=O) groups excluding carboxylic acids is 1. The summed E-state index contributed by atoms with van der Waals surface area (Å²) in [7, 11) is -0.701. The highest BCUT2D eigenvalue weighted by molar-refractivity contribution is 7.89. The third kappa shape index (κ3) is 4.71. The van der Waals surface area contributed by atoms with Gasteiger partial charge in [-0.25, -0.2) is 12.7 Å². The van der Waals surface area contributed by atoms with Crippen LogP contribution in [0, 0.1) is 0 Å². The number of nitrogens with two attached hydrogens (primary N) is 1. The lowest BCUT2D eigenvalue weighted by Gasteiger charge is -2.11. The largest absolute Gasteiger partial charge is 0.351 e. The van der Waals surface area contributed by atoms with Crippen molar-refractivity contribution < 1.29 is 13.2 Å². The molecule has 0 radical (unpaired) electrons. The number of thiophene rings is 1. The van der Waals surface area contributed by atoms with Gasteiger partial charge in [0.2, 0.25) is 10.0 Å². The number of halogens is 1. The third-order valence-electron chi connectivity index (χ3n) is 2.51. The lowest BCUT2D eigenvalue weighted by molar-refractivity contribution is 0.0954. The van der Waals surface area contributed by atoms with Crippen LogP contribution in [0.2, 0.25) is 0 Å². The Balaban J connectivity index is 0.00000361. The summed E-state index contributed by atoms with van der Waals surface area (Å²) in [5.41, 5.74) is 5.36. The minimum Gasteiger partial charge on any atom is -0.351 e. The van der Waals surface area contributed by atoms with Crippen LogP contribution in [0.4, 0.5) is 0 Å². The first kappa shape index (κ1) is 19.3. The molecule has 0 aliphatic rings. The van der Waals surface area contributed by atoms with Crippen LogP contribution in [0.15, 0.2) is 16.3 Å². The summed E-state index contributed by atoms with van der Waals surface area (Å²) >= 11 is 1.12. The van der Waals surface area contributed by atoms with Crippen molar-refractivity contribution in [3.05, 3.63) is 16.3 Å². The monoisotopic (exact) mass is 341 g/mol. The van der Waals surface area contributed by atoms with Gasteiger partial charge in [0.1, 0.15) is 9.77 Å². The van der Waals surface area contributed by atoms with Gasteiger partial charge in [-0.3, -0.25) is 4.79 Å². The zero-order valence-electron chi connectivity index (χ0n) is 11.5. The first-order chi connectivity index (χ1) is 8.91. The lowest BCUT2D eigenvalue weighted by atomic mass is 10.3. The Morgan fingerprint density at radius 1 is 1.40 bits per heavy atom. The first-order valence-corrected chi connectivity index (χ1v) is 8.21. The van der Waals surface area contributed by atoms with Crippen molar-refractivity contribution in [1.82, 2.24) is 9.62 Å². The van der Waals surface area contributed by atoms with Gasteiger partial charge in [-0.1, -0.05) is 0 Å². The molecule has 1 aromatic rings. The van der Waals surface area contributed by atoms with Crippen molar-refractivity contribution in [3.63, 3.8) is 0 Å². The second-order valence-corrected chi connectivity index (χ2v) is 7.19. The van der Waals surface area contributed by atoms with Gasteiger partial charge in [0.05, 0.1) is 0 Å². The Morgan fingerprint density at radius 2 is 2.05 bits per heavy atom. The average Bonchev–Trinajstić information content (AvgIpc) is 2.84. The smallest absolute Gasteiger partial charge is 0.262 e. The second-order valence-electron chi connectivity index (χ2n) is 4.15. The predicted molar refractivity (Wildman–Crippen MR) is 83.1 cm³/mol. The predicted octanol–water partition coefficient (Wildman–Crippen LogP) is 0.889. The summed E-state index contributed by atoms with van der Waals surface area (Å²) in [5.74, 6) is -0.354. The zero-order valence-corrected chi connectivity index (χ0v) is 13.9. The van der Waals surface area contributed by atoms with Crippen LogP contribution in [0.5, 0.6) is 0 Å². The highest BCUT2D eigenvalue weighted by atomic mass is 35.5. The summed E-state index contributed by atoms with van der Waals surface area (Å²) in [4.78, 5) is 12.2. The van der Waals surface area contributed by atoms with Crippen LogP contribution in [0.3, 0.4) is 0 Å². The number of hydrogen-bond donors (Lipinski definition) is 2. The van der Waals surface area contributed by atoms with E-state index < -0.39 is 10.0 Å². The van der Waals surface area contributed by atoms with Gasteiger partial charge in [-0.2, -0.15) is 0 Å². The fraction of sp³-hybridized carbons (Fsp3) is 0.545. The Bertz CT molecular complexity index is 529. The van der Waals surface area contributed by atoms with Gasteiger partial charge in [-0.05, 0) is 30.8 Å². The second kappa shape index (κ2) is 8.58. The summed E-state index contributed by atoms with van der Waals surface area (Å²) in [5, 5.41) is 4.31. The number of unbranched alkanes of at least 4 members (excludes halogenated alkanes) is 1. The van der Waals surface area contributed by atoms with Gasteiger partial charge in [0, 0.05) is 20.6 Å². The summed E-state index contributed by atoms with van der Waals surface area (Å²) in [6, 6.07) is 1.45. The molecule has 1 amide bonds. The molecular weight excluding hydrogens is 322 g/mol. The van der Waals surface area contributed by atoms with E-state index in [1.807, 2.05) is 0 Å². The Morgan fingerprint density at radius 3 is 2.60 bits per heavy atom. The Hall–Kier alpha value is -0.670. The van der Waals surface area contributed by atoms with E-state index in [9.17, 15) is 13.2 Å². The Kier molecular flexibility index (Phi) is 8.29. The normalized spacial score (nSPS) is 11.2. The fourth-order valence-corrected chi connectivity index (χ4v) is 3.62. The van der Waals surface area contributed by atoms with Crippen LogP contribution in [-0.2, 0) is 10.0 Å². The number of amides is 1. The molecule has 20 heavy (non-hydrogen) atoms. The number of nitrogens with zero attached hydrogens (tertiary/aromatic N) is 1. The molecule has 0 aliphatic heterocycles. The van der Waals surface area contributed by atoms with Crippen LogP contribution in [0.25, 0.3) is 0 Å². The van der Waals surface area contributed by atoms with E-state index in [1.165, 1.54) is 20.2 Å².